The van der Waals surface area contributed by atoms with Crippen LogP contribution in [-0.4, -0.2) is 37.3 Å². The molecule has 0 spiro atoms. The number of ketones is 1. The highest BCUT2D eigenvalue weighted by Crippen LogP contribution is 2.31. The average Bonchev–Trinajstić information content (AvgIpc) is 2.75. The highest BCUT2D eigenvalue weighted by molar-refractivity contribution is 6.02. The molecule has 2 rings (SSSR count). The zero-order chi connectivity index (χ0) is 21.2. The molecule has 0 saturated carbocycles. The standard InChI is InChI=1S/C23H24O6/c1-27-21-9-5-7-17(23(21)29-3)11-13-20(26)14-19(25)12-10-16-6-4-8-18(15-24)22(16)28-2/h4-14,24,26H,15H2,1-3H3/b12-10+,13-11+,20-14-. The molecule has 0 bridgehead atoms. The third-order valence-electron chi connectivity index (χ3n) is 4.09. The lowest BCUT2D eigenvalue weighted by Crippen LogP contribution is -1.95. The van der Waals surface area contributed by atoms with Gasteiger partial charge in [-0.1, -0.05) is 30.3 Å². The lowest BCUT2D eigenvalue weighted by atomic mass is 10.1. The van der Waals surface area contributed by atoms with E-state index in [2.05, 4.69) is 0 Å². The fourth-order valence-electron chi connectivity index (χ4n) is 2.74. The monoisotopic (exact) mass is 396 g/mol. The molecule has 152 valence electrons. The van der Waals surface area contributed by atoms with Gasteiger partial charge in [-0.3, -0.25) is 4.79 Å². The van der Waals surface area contributed by atoms with Gasteiger partial charge in [-0.25, -0.2) is 0 Å². The van der Waals surface area contributed by atoms with Gasteiger partial charge in [0, 0.05) is 22.8 Å². The summed E-state index contributed by atoms with van der Waals surface area (Å²) < 4.78 is 15.8. The minimum atomic E-state index is -0.402. The first-order valence-corrected chi connectivity index (χ1v) is 8.82. The highest BCUT2D eigenvalue weighted by Gasteiger charge is 2.07. The molecule has 2 N–H and O–H groups in total. The van der Waals surface area contributed by atoms with Gasteiger partial charge in [-0.2, -0.15) is 0 Å². The first kappa shape index (κ1) is 21.8. The van der Waals surface area contributed by atoms with Crippen LogP contribution in [0, 0.1) is 0 Å². The van der Waals surface area contributed by atoms with Crippen LogP contribution in [-0.2, 0) is 11.4 Å². The van der Waals surface area contributed by atoms with E-state index in [4.69, 9.17) is 14.2 Å². The Labute approximate surface area is 170 Å². The molecule has 0 aliphatic carbocycles. The van der Waals surface area contributed by atoms with Crippen LogP contribution in [0.25, 0.3) is 12.2 Å². The van der Waals surface area contributed by atoms with Crippen molar-refractivity contribution in [1.29, 1.82) is 0 Å². The first-order chi connectivity index (χ1) is 14.0. The zero-order valence-electron chi connectivity index (χ0n) is 16.6. The van der Waals surface area contributed by atoms with Gasteiger partial charge >= 0.3 is 0 Å². The first-order valence-electron chi connectivity index (χ1n) is 8.82. The minimum Gasteiger partial charge on any atom is -0.508 e. The Morgan fingerprint density at radius 3 is 2.14 bits per heavy atom. The summed E-state index contributed by atoms with van der Waals surface area (Å²) in [6.07, 6.45) is 7.00. The fraction of sp³-hybridized carbons (Fsp3) is 0.174. The van der Waals surface area contributed by atoms with Crippen LogP contribution in [0.5, 0.6) is 17.2 Å². The summed E-state index contributed by atoms with van der Waals surface area (Å²) in [5, 5.41) is 19.4. The summed E-state index contributed by atoms with van der Waals surface area (Å²) in [5.74, 6) is 0.983. The highest BCUT2D eigenvalue weighted by atomic mass is 16.5. The van der Waals surface area contributed by atoms with Crippen molar-refractivity contribution in [3.63, 3.8) is 0 Å². The van der Waals surface area contributed by atoms with Gasteiger partial charge in [0.15, 0.2) is 17.3 Å². The molecule has 0 radical (unpaired) electrons. The second kappa shape index (κ2) is 10.7. The Balaban J connectivity index is 2.16. The van der Waals surface area contributed by atoms with Gasteiger partial charge in [0.25, 0.3) is 0 Å². The van der Waals surface area contributed by atoms with Crippen LogP contribution in [0.3, 0.4) is 0 Å². The van der Waals surface area contributed by atoms with E-state index in [1.54, 1.807) is 55.7 Å². The SMILES string of the molecule is COc1cccc(/C=C/C(O)=C/C(=O)/C=C/c2cccc(CO)c2OC)c1OC. The molecule has 29 heavy (non-hydrogen) atoms. The van der Waals surface area contributed by atoms with Crippen molar-refractivity contribution in [3.05, 3.63) is 77.1 Å². The molecular formula is C23H24O6. The lowest BCUT2D eigenvalue weighted by Gasteiger charge is -2.09. The van der Waals surface area contributed by atoms with Crippen molar-refractivity contribution >= 4 is 17.9 Å². The van der Waals surface area contributed by atoms with Crippen molar-refractivity contribution < 1.29 is 29.2 Å². The maximum Gasteiger partial charge on any atom is 0.182 e. The number of hydrogen-bond acceptors (Lipinski definition) is 6. The molecule has 0 aliphatic heterocycles. The molecule has 2 aromatic carbocycles. The largest absolute Gasteiger partial charge is 0.508 e. The number of methoxy groups -OCH3 is 3. The topological polar surface area (TPSA) is 85.2 Å². The molecule has 2 aromatic rings. The number of hydrogen-bond donors (Lipinski definition) is 2. The summed E-state index contributed by atoms with van der Waals surface area (Å²) in [6.45, 7) is -0.169. The van der Waals surface area contributed by atoms with Crippen molar-refractivity contribution in [2.45, 2.75) is 6.61 Å². The second-order valence-electron chi connectivity index (χ2n) is 5.92. The number of allylic oxidation sites excluding steroid dienone is 3. The Morgan fingerprint density at radius 2 is 1.52 bits per heavy atom. The smallest absolute Gasteiger partial charge is 0.182 e. The van der Waals surface area contributed by atoms with Crippen LogP contribution in [0.4, 0.5) is 0 Å². The number of ether oxygens (including phenoxy) is 3. The third kappa shape index (κ3) is 5.73. The van der Waals surface area contributed by atoms with Gasteiger partial charge in [-0.15, -0.1) is 0 Å². The predicted octanol–water partition coefficient (Wildman–Crippen LogP) is 3.94. The number of aliphatic hydroxyl groups excluding tert-OH is 2. The van der Waals surface area contributed by atoms with E-state index in [0.717, 1.165) is 6.08 Å². The molecule has 0 saturated heterocycles. The average molecular weight is 396 g/mol. The van der Waals surface area contributed by atoms with Crippen molar-refractivity contribution in [2.75, 3.05) is 21.3 Å². The number of aliphatic hydroxyl groups is 2. The Kier molecular flexibility index (Phi) is 8.06. The molecular weight excluding hydrogens is 372 g/mol. The maximum absolute atomic E-state index is 12.1. The summed E-state index contributed by atoms with van der Waals surface area (Å²) in [5.41, 5.74) is 1.97. The summed E-state index contributed by atoms with van der Waals surface area (Å²) in [7, 11) is 4.56. The lowest BCUT2D eigenvalue weighted by molar-refractivity contribution is -0.110. The Hall–Kier alpha value is -3.51. The zero-order valence-corrected chi connectivity index (χ0v) is 16.6. The molecule has 0 aromatic heterocycles. The van der Waals surface area contributed by atoms with Gasteiger partial charge in [0.2, 0.25) is 0 Å². The fourth-order valence-corrected chi connectivity index (χ4v) is 2.74. The van der Waals surface area contributed by atoms with E-state index >= 15 is 0 Å². The van der Waals surface area contributed by atoms with Crippen LogP contribution >= 0.6 is 0 Å². The molecule has 0 aliphatic rings. The number of benzene rings is 2. The van der Waals surface area contributed by atoms with Crippen molar-refractivity contribution in [1.82, 2.24) is 0 Å². The van der Waals surface area contributed by atoms with E-state index in [0.29, 0.717) is 33.9 Å². The number of carbonyl (C=O) groups is 1. The van der Waals surface area contributed by atoms with Gasteiger partial charge in [-0.05, 0) is 30.4 Å². The number of carbonyl (C=O) groups excluding carboxylic acids is 1. The second-order valence-corrected chi connectivity index (χ2v) is 5.92. The number of para-hydroxylation sites is 2. The van der Waals surface area contributed by atoms with Gasteiger partial charge < -0.3 is 24.4 Å². The normalized spacial score (nSPS) is 11.8. The molecule has 0 fully saturated rings. The summed E-state index contributed by atoms with van der Waals surface area (Å²) in [6, 6.07) is 10.6. The Morgan fingerprint density at radius 1 is 0.897 bits per heavy atom. The van der Waals surface area contributed by atoms with Crippen molar-refractivity contribution in [3.8, 4) is 17.2 Å². The molecule has 6 heteroatoms. The van der Waals surface area contributed by atoms with E-state index in [1.807, 2.05) is 0 Å². The molecule has 0 unspecified atom stereocenters. The molecule has 0 heterocycles. The minimum absolute atomic E-state index is 0.169. The predicted molar refractivity (Wildman–Crippen MR) is 112 cm³/mol. The van der Waals surface area contributed by atoms with Gasteiger partial charge in [0.05, 0.1) is 27.9 Å². The van der Waals surface area contributed by atoms with Gasteiger partial charge in [0.1, 0.15) is 11.5 Å². The molecule has 6 nitrogen and oxygen atoms in total. The Bertz CT molecular complexity index is 940. The van der Waals surface area contributed by atoms with Crippen LogP contribution in [0.1, 0.15) is 16.7 Å². The van der Waals surface area contributed by atoms with E-state index in [1.165, 1.54) is 26.4 Å². The van der Waals surface area contributed by atoms with Crippen molar-refractivity contribution in [2.24, 2.45) is 0 Å². The van der Waals surface area contributed by atoms with E-state index in [9.17, 15) is 15.0 Å². The summed E-state index contributed by atoms with van der Waals surface area (Å²) in [4.78, 5) is 12.1. The van der Waals surface area contributed by atoms with E-state index in [-0.39, 0.29) is 12.4 Å². The molecule has 0 atom stereocenters. The third-order valence-corrected chi connectivity index (χ3v) is 4.09. The summed E-state index contributed by atoms with van der Waals surface area (Å²) >= 11 is 0. The molecule has 0 amide bonds. The van der Waals surface area contributed by atoms with Crippen LogP contribution < -0.4 is 14.2 Å². The maximum atomic E-state index is 12.1. The quantitative estimate of drug-likeness (QED) is 0.379. The van der Waals surface area contributed by atoms with E-state index < -0.39 is 5.78 Å². The number of rotatable bonds is 9. The van der Waals surface area contributed by atoms with Crippen LogP contribution in [0.2, 0.25) is 0 Å². The van der Waals surface area contributed by atoms with Crippen LogP contribution in [0.15, 0.2) is 60.4 Å².